The fraction of sp³-hybridized carbons (Fsp3) is 0. The Morgan fingerprint density at radius 2 is 0.862 bits per heavy atom. The number of benzene rings is 9. The summed E-state index contributed by atoms with van der Waals surface area (Å²) in [6, 6.07) is 68.1. The van der Waals surface area contributed by atoms with Gasteiger partial charge in [-0.05, 0) is 75.1 Å². The Hall–Kier alpha value is -7.89. The van der Waals surface area contributed by atoms with Gasteiger partial charge in [-0.15, -0.1) is 0 Å². The zero-order valence-corrected chi connectivity index (χ0v) is 31.2. The minimum Gasteiger partial charge on any atom is -0.454 e. The third-order valence-corrected chi connectivity index (χ3v) is 11.4. The standard InChI is InChI=1S/C53H32N4O/c1-2-11-33(12-3-1)38-25-27-43-42-17-8-9-19-46(42)57(48(43)31-38)47-20-10-18-45-44-28-26-41(32-49(44)58-50(45)47)53-55-51(39-23-21-34-13-4-6-15-36(34)29-39)54-52(56-53)40-24-22-35-14-5-7-16-37(35)30-40/h1-32H. The maximum Gasteiger partial charge on any atom is 0.164 e. The molecule has 0 amide bonds. The van der Waals surface area contributed by atoms with Crippen LogP contribution in [0.1, 0.15) is 0 Å². The van der Waals surface area contributed by atoms with Gasteiger partial charge < -0.3 is 8.98 Å². The van der Waals surface area contributed by atoms with Crippen LogP contribution in [0.4, 0.5) is 0 Å². The first kappa shape index (κ1) is 32.4. The zero-order valence-electron chi connectivity index (χ0n) is 31.2. The summed E-state index contributed by atoms with van der Waals surface area (Å²) >= 11 is 0. The average molecular weight is 741 g/mol. The second-order valence-corrected chi connectivity index (χ2v) is 14.8. The molecule has 0 aliphatic rings. The Balaban J connectivity index is 1.04. The van der Waals surface area contributed by atoms with Crippen LogP contribution in [0, 0.1) is 0 Å². The molecule has 0 radical (unpaired) electrons. The molecular weight excluding hydrogens is 709 g/mol. The topological polar surface area (TPSA) is 56.7 Å². The average Bonchev–Trinajstić information content (AvgIpc) is 3.84. The quantitative estimate of drug-likeness (QED) is 0.176. The maximum atomic E-state index is 6.92. The van der Waals surface area contributed by atoms with Crippen LogP contribution in [-0.4, -0.2) is 19.5 Å². The van der Waals surface area contributed by atoms with Gasteiger partial charge in [-0.3, -0.25) is 0 Å². The van der Waals surface area contributed by atoms with Crippen molar-refractivity contribution in [3.63, 3.8) is 0 Å². The van der Waals surface area contributed by atoms with E-state index < -0.39 is 0 Å². The van der Waals surface area contributed by atoms with Gasteiger partial charge in [-0.25, -0.2) is 15.0 Å². The van der Waals surface area contributed by atoms with Crippen molar-refractivity contribution < 1.29 is 4.42 Å². The van der Waals surface area contributed by atoms with E-state index in [0.717, 1.165) is 66.1 Å². The number of hydrogen-bond donors (Lipinski definition) is 0. The molecule has 0 atom stereocenters. The lowest BCUT2D eigenvalue weighted by Gasteiger charge is -2.10. The van der Waals surface area contributed by atoms with Gasteiger partial charge in [0, 0.05) is 38.2 Å². The zero-order chi connectivity index (χ0) is 38.2. The van der Waals surface area contributed by atoms with Gasteiger partial charge in [0.2, 0.25) is 0 Å². The van der Waals surface area contributed by atoms with E-state index in [1.165, 1.54) is 32.7 Å². The summed E-state index contributed by atoms with van der Waals surface area (Å²) in [4.78, 5) is 15.3. The third kappa shape index (κ3) is 5.21. The van der Waals surface area contributed by atoms with Gasteiger partial charge in [0.15, 0.2) is 23.1 Å². The highest BCUT2D eigenvalue weighted by Crippen LogP contribution is 2.40. The van der Waals surface area contributed by atoms with Crippen molar-refractivity contribution in [3.8, 4) is 51.0 Å². The van der Waals surface area contributed by atoms with Crippen LogP contribution < -0.4 is 0 Å². The van der Waals surface area contributed by atoms with Crippen LogP contribution in [0.25, 0.3) is 116 Å². The highest BCUT2D eigenvalue weighted by Gasteiger charge is 2.20. The minimum atomic E-state index is 0.583. The molecule has 5 nitrogen and oxygen atoms in total. The predicted octanol–water partition coefficient (Wildman–Crippen LogP) is 13.8. The molecule has 0 N–H and O–H groups in total. The summed E-state index contributed by atoms with van der Waals surface area (Å²) in [6.45, 7) is 0. The van der Waals surface area contributed by atoms with Crippen molar-refractivity contribution in [3.05, 3.63) is 194 Å². The maximum absolute atomic E-state index is 6.92. The molecule has 3 heterocycles. The molecule has 12 aromatic rings. The second kappa shape index (κ2) is 12.8. The van der Waals surface area contributed by atoms with Crippen LogP contribution in [-0.2, 0) is 0 Å². The number of hydrogen-bond acceptors (Lipinski definition) is 4. The molecular formula is C53H32N4O. The summed E-state index contributed by atoms with van der Waals surface area (Å²) in [5.41, 5.74) is 9.91. The van der Waals surface area contributed by atoms with E-state index >= 15 is 0 Å². The molecule has 12 rings (SSSR count). The Bertz CT molecular complexity index is 3480. The Kier molecular flexibility index (Phi) is 7.16. The molecule has 3 aromatic heterocycles. The Morgan fingerprint density at radius 1 is 0.328 bits per heavy atom. The molecule has 0 spiro atoms. The number of furan rings is 1. The number of fused-ring (bicyclic) bond motifs is 8. The van der Waals surface area contributed by atoms with E-state index in [2.05, 4.69) is 199 Å². The predicted molar refractivity (Wildman–Crippen MR) is 238 cm³/mol. The number of aromatic nitrogens is 4. The van der Waals surface area contributed by atoms with E-state index in [9.17, 15) is 0 Å². The lowest BCUT2D eigenvalue weighted by atomic mass is 10.0. The Morgan fingerprint density at radius 3 is 1.57 bits per heavy atom. The molecule has 270 valence electrons. The second-order valence-electron chi connectivity index (χ2n) is 14.8. The monoisotopic (exact) mass is 740 g/mol. The minimum absolute atomic E-state index is 0.583. The highest BCUT2D eigenvalue weighted by atomic mass is 16.3. The van der Waals surface area contributed by atoms with Crippen molar-refractivity contribution in [2.45, 2.75) is 0 Å². The largest absolute Gasteiger partial charge is 0.454 e. The van der Waals surface area contributed by atoms with Crippen LogP contribution in [0.5, 0.6) is 0 Å². The first-order chi connectivity index (χ1) is 28.7. The lowest BCUT2D eigenvalue weighted by molar-refractivity contribution is 0.666. The van der Waals surface area contributed by atoms with Gasteiger partial charge in [0.25, 0.3) is 0 Å². The third-order valence-electron chi connectivity index (χ3n) is 11.4. The summed E-state index contributed by atoms with van der Waals surface area (Å²) in [7, 11) is 0. The fourth-order valence-corrected chi connectivity index (χ4v) is 8.56. The van der Waals surface area contributed by atoms with Crippen LogP contribution in [0.15, 0.2) is 199 Å². The number of nitrogens with zero attached hydrogens (tertiary/aromatic N) is 4. The van der Waals surface area contributed by atoms with E-state index in [4.69, 9.17) is 19.4 Å². The van der Waals surface area contributed by atoms with Crippen molar-refractivity contribution in [1.82, 2.24) is 19.5 Å². The molecule has 0 saturated carbocycles. The Labute approximate surface area is 333 Å². The van der Waals surface area contributed by atoms with E-state index in [-0.39, 0.29) is 0 Å². The molecule has 0 aliphatic carbocycles. The van der Waals surface area contributed by atoms with E-state index in [1.54, 1.807) is 0 Å². The van der Waals surface area contributed by atoms with Gasteiger partial charge in [-0.1, -0.05) is 152 Å². The number of para-hydroxylation sites is 2. The molecule has 0 bridgehead atoms. The normalized spacial score (nSPS) is 11.8. The van der Waals surface area contributed by atoms with E-state index in [1.807, 2.05) is 0 Å². The summed E-state index contributed by atoms with van der Waals surface area (Å²) < 4.78 is 9.26. The van der Waals surface area contributed by atoms with Crippen LogP contribution in [0.2, 0.25) is 0 Å². The smallest absolute Gasteiger partial charge is 0.164 e. The first-order valence-electron chi connectivity index (χ1n) is 19.5. The molecule has 5 heteroatoms. The van der Waals surface area contributed by atoms with Gasteiger partial charge >= 0.3 is 0 Å². The van der Waals surface area contributed by atoms with Crippen molar-refractivity contribution in [1.29, 1.82) is 0 Å². The van der Waals surface area contributed by atoms with Crippen molar-refractivity contribution in [2.24, 2.45) is 0 Å². The molecule has 0 unspecified atom stereocenters. The lowest BCUT2D eigenvalue weighted by Crippen LogP contribution is -2.00. The SMILES string of the molecule is c1ccc(-c2ccc3c4ccccc4n(-c4cccc5c4oc4cc(-c6nc(-c7ccc8ccccc8c7)nc(-c7ccc8ccccc8c7)n6)ccc45)c3c2)cc1. The summed E-state index contributed by atoms with van der Waals surface area (Å²) in [6.07, 6.45) is 0. The molecule has 0 saturated heterocycles. The summed E-state index contributed by atoms with van der Waals surface area (Å²) in [5.74, 6) is 1.82. The van der Waals surface area contributed by atoms with Gasteiger partial charge in [0.1, 0.15) is 5.58 Å². The van der Waals surface area contributed by atoms with Gasteiger partial charge in [-0.2, -0.15) is 0 Å². The van der Waals surface area contributed by atoms with E-state index in [0.29, 0.717) is 17.5 Å². The van der Waals surface area contributed by atoms with Crippen LogP contribution >= 0.6 is 0 Å². The highest BCUT2D eigenvalue weighted by molar-refractivity contribution is 6.13. The number of rotatable bonds is 5. The molecule has 58 heavy (non-hydrogen) atoms. The summed E-state index contributed by atoms with van der Waals surface area (Å²) in [5, 5.41) is 9.08. The van der Waals surface area contributed by atoms with Crippen molar-refractivity contribution in [2.75, 3.05) is 0 Å². The molecule has 0 fully saturated rings. The molecule has 0 aliphatic heterocycles. The molecule has 9 aromatic carbocycles. The van der Waals surface area contributed by atoms with Crippen LogP contribution in [0.3, 0.4) is 0 Å². The first-order valence-corrected chi connectivity index (χ1v) is 19.5. The fourth-order valence-electron chi connectivity index (χ4n) is 8.56. The van der Waals surface area contributed by atoms with Gasteiger partial charge in [0.05, 0.1) is 16.7 Å². The van der Waals surface area contributed by atoms with Crippen molar-refractivity contribution >= 4 is 65.3 Å².